The molecule has 7 rings (SSSR count). The first-order valence-corrected chi connectivity index (χ1v) is 16.0. The third-order valence-corrected chi connectivity index (χ3v) is 9.70. The largest absolute Gasteiger partial charge is 0.490 e. The number of anilines is 1. The molecule has 1 spiro atoms. The molecule has 0 radical (unpaired) electrons. The first kappa shape index (κ1) is 31.3. The van der Waals surface area contributed by atoms with Crippen molar-refractivity contribution < 1.29 is 18.7 Å². The number of aromatic nitrogens is 3. The molecule has 2 aromatic heterocycles. The number of benzene rings is 1. The molecule has 0 atom stereocenters. The number of pyridine rings is 1. The molecule has 1 aliphatic carbocycles. The highest BCUT2D eigenvalue weighted by atomic mass is 19.1. The molecular weight excluding hydrogens is 573 g/mol. The molecule has 1 aromatic carbocycles. The summed E-state index contributed by atoms with van der Waals surface area (Å²) in [5.74, 6) is 1.89. The van der Waals surface area contributed by atoms with E-state index < -0.39 is 5.82 Å². The molecule has 4 aliphatic rings. The zero-order valence-electron chi connectivity index (χ0n) is 26.7. The van der Waals surface area contributed by atoms with Crippen LogP contribution in [-0.2, 0) is 13.0 Å². The number of hydrogen-bond donors (Lipinski definition) is 1. The van der Waals surface area contributed by atoms with Crippen LogP contribution in [0.5, 0.6) is 17.2 Å². The summed E-state index contributed by atoms with van der Waals surface area (Å²) in [5, 5.41) is 3.37. The number of rotatable bonds is 9. The fourth-order valence-electron chi connectivity index (χ4n) is 6.53. The lowest BCUT2D eigenvalue weighted by Crippen LogP contribution is -2.65. The normalized spacial score (nSPS) is 19.2. The average Bonchev–Trinajstić information content (AvgIpc) is 2.98. The quantitative estimate of drug-likeness (QED) is 0.350. The van der Waals surface area contributed by atoms with E-state index in [0.29, 0.717) is 29.9 Å². The number of carbonyl (C=O) groups is 1. The lowest BCUT2D eigenvalue weighted by Gasteiger charge is -2.59. The van der Waals surface area contributed by atoms with Crippen LogP contribution in [0.2, 0.25) is 0 Å². The molecule has 0 amide bonds. The maximum absolute atomic E-state index is 13.5. The van der Waals surface area contributed by atoms with Gasteiger partial charge in [-0.1, -0.05) is 6.92 Å². The van der Waals surface area contributed by atoms with Crippen molar-refractivity contribution in [1.82, 2.24) is 30.1 Å². The Morgan fingerprint density at radius 3 is 2.62 bits per heavy atom. The van der Waals surface area contributed by atoms with Crippen molar-refractivity contribution in [2.45, 2.75) is 64.8 Å². The van der Waals surface area contributed by atoms with Crippen molar-refractivity contribution in [1.29, 1.82) is 0 Å². The van der Waals surface area contributed by atoms with Gasteiger partial charge in [-0.05, 0) is 64.5 Å². The minimum atomic E-state index is -0.490. The Morgan fingerprint density at radius 2 is 1.96 bits per heavy atom. The van der Waals surface area contributed by atoms with Crippen LogP contribution in [0.15, 0.2) is 43.0 Å². The van der Waals surface area contributed by atoms with E-state index in [1.807, 2.05) is 12.3 Å². The highest BCUT2D eigenvalue weighted by Crippen LogP contribution is 2.52. The lowest BCUT2D eigenvalue weighted by molar-refractivity contribution is -0.0354. The van der Waals surface area contributed by atoms with Crippen LogP contribution < -0.4 is 19.7 Å². The molecule has 240 valence electrons. The van der Waals surface area contributed by atoms with Crippen molar-refractivity contribution >= 4 is 12.1 Å². The maximum atomic E-state index is 13.5. The summed E-state index contributed by atoms with van der Waals surface area (Å²) in [7, 11) is 2.13. The standard InChI is InChI=1S/C28H29FN6O3.C6H15N/c29-19-1-2-24(18(7-19)14-36)38-26-12-31-17-33-27(26)35-15-28(16-35)8-21(9-28)37-25-3-5-32-23-4-6-34(13-22(23)25)20-10-30-11-20;1-5-7(4)6(2)3/h1-3,5,7,12,14,17,20-21,30H,4,6,8-11,13,15-16H2;6H,5H2,1-4H3. The van der Waals surface area contributed by atoms with Gasteiger partial charge in [-0.2, -0.15) is 0 Å². The Hall–Kier alpha value is -3.67. The topological polar surface area (TPSA) is 96.0 Å². The van der Waals surface area contributed by atoms with Gasteiger partial charge in [0.15, 0.2) is 17.9 Å². The Labute approximate surface area is 265 Å². The second kappa shape index (κ2) is 13.4. The van der Waals surface area contributed by atoms with E-state index >= 15 is 0 Å². The molecule has 10 nitrogen and oxygen atoms in total. The summed E-state index contributed by atoms with van der Waals surface area (Å²) in [4.78, 5) is 31.5. The summed E-state index contributed by atoms with van der Waals surface area (Å²) in [6.07, 6.45) is 8.67. The Morgan fingerprint density at radius 1 is 1.16 bits per heavy atom. The number of ether oxygens (including phenoxy) is 2. The van der Waals surface area contributed by atoms with Gasteiger partial charge in [-0.25, -0.2) is 14.4 Å². The zero-order chi connectivity index (χ0) is 31.6. The second-order valence-corrected chi connectivity index (χ2v) is 13.1. The highest BCUT2D eigenvalue weighted by molar-refractivity contribution is 5.79. The monoisotopic (exact) mass is 617 g/mol. The summed E-state index contributed by atoms with van der Waals surface area (Å²) in [5.41, 5.74) is 2.77. The third-order valence-electron chi connectivity index (χ3n) is 9.70. The van der Waals surface area contributed by atoms with Crippen molar-refractivity contribution in [3.63, 3.8) is 0 Å². The minimum absolute atomic E-state index is 0.143. The molecule has 1 N–H and O–H groups in total. The van der Waals surface area contributed by atoms with Gasteiger partial charge in [-0.15, -0.1) is 0 Å². The van der Waals surface area contributed by atoms with Crippen LogP contribution in [0.3, 0.4) is 0 Å². The van der Waals surface area contributed by atoms with Gasteiger partial charge < -0.3 is 24.6 Å². The molecule has 0 unspecified atom stereocenters. The van der Waals surface area contributed by atoms with E-state index in [9.17, 15) is 9.18 Å². The molecule has 5 heterocycles. The summed E-state index contributed by atoms with van der Waals surface area (Å²) in [6.45, 7) is 13.5. The average molecular weight is 618 g/mol. The number of aldehydes is 1. The van der Waals surface area contributed by atoms with Crippen LogP contribution in [-0.4, -0.2) is 95.5 Å². The SMILES string of the molecule is CCN(C)C(C)C.O=Cc1cc(F)ccc1Oc1cncnc1N1CC2(CC(Oc3ccnc4c3CN(C3CNC3)CC4)C2)C1. The van der Waals surface area contributed by atoms with Gasteiger partial charge >= 0.3 is 0 Å². The molecule has 1 saturated carbocycles. The fourth-order valence-corrected chi connectivity index (χ4v) is 6.53. The first-order chi connectivity index (χ1) is 21.8. The van der Waals surface area contributed by atoms with Crippen molar-refractivity contribution in [2.24, 2.45) is 5.41 Å². The predicted molar refractivity (Wildman–Crippen MR) is 171 cm³/mol. The molecule has 3 aliphatic heterocycles. The van der Waals surface area contributed by atoms with Gasteiger partial charge in [0.05, 0.1) is 11.8 Å². The molecule has 0 bridgehead atoms. The van der Waals surface area contributed by atoms with E-state index in [1.165, 1.54) is 29.7 Å². The number of hydrogen-bond acceptors (Lipinski definition) is 10. The van der Waals surface area contributed by atoms with Gasteiger partial charge in [0, 0.05) is 80.6 Å². The third kappa shape index (κ3) is 6.80. The Bertz CT molecular complexity index is 1490. The predicted octanol–water partition coefficient (Wildman–Crippen LogP) is 4.34. The molecule has 11 heteroatoms. The second-order valence-electron chi connectivity index (χ2n) is 13.1. The van der Waals surface area contributed by atoms with Gasteiger partial charge in [-0.3, -0.25) is 14.7 Å². The smallest absolute Gasteiger partial charge is 0.188 e. The van der Waals surface area contributed by atoms with E-state index in [0.717, 1.165) is 76.9 Å². The summed E-state index contributed by atoms with van der Waals surface area (Å²) >= 11 is 0. The van der Waals surface area contributed by atoms with Crippen molar-refractivity contribution in [3.05, 3.63) is 65.6 Å². The van der Waals surface area contributed by atoms with Gasteiger partial charge in [0.1, 0.15) is 29.7 Å². The molecule has 45 heavy (non-hydrogen) atoms. The molecule has 2 saturated heterocycles. The summed E-state index contributed by atoms with van der Waals surface area (Å²) < 4.78 is 26.0. The zero-order valence-corrected chi connectivity index (χ0v) is 26.7. The Kier molecular flexibility index (Phi) is 9.30. The first-order valence-electron chi connectivity index (χ1n) is 16.0. The minimum Gasteiger partial charge on any atom is -0.490 e. The van der Waals surface area contributed by atoms with Crippen LogP contribution in [0.25, 0.3) is 0 Å². The van der Waals surface area contributed by atoms with Gasteiger partial charge in [0.25, 0.3) is 0 Å². The van der Waals surface area contributed by atoms with E-state index in [2.05, 4.69) is 62.8 Å². The van der Waals surface area contributed by atoms with Crippen molar-refractivity contribution in [2.75, 3.05) is 51.2 Å². The number of halogens is 1. The van der Waals surface area contributed by atoms with Crippen LogP contribution in [0.4, 0.5) is 10.2 Å². The van der Waals surface area contributed by atoms with E-state index in [4.69, 9.17) is 9.47 Å². The number of nitrogens with zero attached hydrogens (tertiary/aromatic N) is 6. The van der Waals surface area contributed by atoms with Crippen LogP contribution in [0, 0.1) is 11.2 Å². The summed E-state index contributed by atoms with van der Waals surface area (Å²) in [6, 6.07) is 7.20. The fraction of sp³-hybridized carbons (Fsp3) is 0.529. The van der Waals surface area contributed by atoms with Crippen LogP contribution >= 0.6 is 0 Å². The van der Waals surface area contributed by atoms with Crippen LogP contribution in [0.1, 0.15) is 55.2 Å². The number of nitrogens with one attached hydrogen (secondary N) is 1. The van der Waals surface area contributed by atoms with E-state index in [1.54, 1.807) is 6.20 Å². The highest BCUT2D eigenvalue weighted by Gasteiger charge is 2.54. The van der Waals surface area contributed by atoms with Crippen molar-refractivity contribution in [3.8, 4) is 17.2 Å². The van der Waals surface area contributed by atoms with Gasteiger partial charge in [0.2, 0.25) is 0 Å². The molecule has 3 fully saturated rings. The Balaban J connectivity index is 0.000000460. The molecule has 3 aromatic rings. The maximum Gasteiger partial charge on any atom is 0.188 e. The number of carbonyl (C=O) groups excluding carboxylic acids is 1. The molecular formula is C34H44FN7O3. The lowest BCUT2D eigenvalue weighted by atomic mass is 9.61. The van der Waals surface area contributed by atoms with E-state index in [-0.39, 0.29) is 22.8 Å². The number of fused-ring (bicyclic) bond motifs is 1.